The zero-order valence-electron chi connectivity index (χ0n) is 7.96. The Labute approximate surface area is 87.2 Å². The van der Waals surface area contributed by atoms with Crippen LogP contribution in [-0.4, -0.2) is 27.1 Å². The van der Waals surface area contributed by atoms with E-state index in [1.54, 1.807) is 24.0 Å². The summed E-state index contributed by atoms with van der Waals surface area (Å²) in [5, 5.41) is 6.92. The monoisotopic (exact) mass is 213 g/mol. The molecule has 0 atom stereocenters. The summed E-state index contributed by atoms with van der Waals surface area (Å²) in [6, 6.07) is 1.69. The predicted octanol–water partition coefficient (Wildman–Crippen LogP) is 0.921. The average Bonchev–Trinajstić information content (AvgIpc) is 2.80. The molecule has 0 bridgehead atoms. The maximum absolute atomic E-state index is 11.6. The Morgan fingerprint density at radius 3 is 2.93 bits per heavy atom. The first-order valence-electron chi connectivity index (χ1n) is 4.53. The number of nitrogens with one attached hydrogen (secondary N) is 1. The third kappa shape index (κ3) is 1.75. The molecule has 1 amide bonds. The molecule has 1 aromatic heterocycles. The van der Waals surface area contributed by atoms with E-state index in [0.29, 0.717) is 11.6 Å². The van der Waals surface area contributed by atoms with Crippen LogP contribution in [0.2, 0.25) is 0 Å². The Balaban J connectivity index is 2.03. The molecule has 1 N–H and O–H groups in total. The highest BCUT2D eigenvalue weighted by atomic mass is 35.5. The van der Waals surface area contributed by atoms with Gasteiger partial charge >= 0.3 is 0 Å². The molecule has 5 heteroatoms. The van der Waals surface area contributed by atoms with Crippen molar-refractivity contribution < 1.29 is 4.79 Å². The molecule has 1 aliphatic carbocycles. The molecule has 0 aromatic carbocycles. The van der Waals surface area contributed by atoms with E-state index in [9.17, 15) is 4.79 Å². The van der Waals surface area contributed by atoms with Gasteiger partial charge in [-0.15, -0.1) is 11.6 Å². The number of aryl methyl sites for hydroxylation is 1. The van der Waals surface area contributed by atoms with E-state index in [1.165, 1.54) is 0 Å². The zero-order valence-corrected chi connectivity index (χ0v) is 8.71. The van der Waals surface area contributed by atoms with Crippen molar-refractivity contribution in [2.45, 2.75) is 18.4 Å². The minimum absolute atomic E-state index is 0.135. The smallest absolute Gasteiger partial charge is 0.272 e. The van der Waals surface area contributed by atoms with E-state index in [-0.39, 0.29) is 11.4 Å². The Morgan fingerprint density at radius 2 is 2.50 bits per heavy atom. The molecule has 0 radical (unpaired) electrons. The standard InChI is InChI=1S/C9H12ClN3O/c1-13-5-2-7(12-13)8(14)11-9(6-10)3-4-9/h2,5H,3-4,6H2,1H3,(H,11,14). The van der Waals surface area contributed by atoms with Crippen molar-refractivity contribution in [1.29, 1.82) is 0 Å². The van der Waals surface area contributed by atoms with Crippen LogP contribution in [-0.2, 0) is 7.05 Å². The summed E-state index contributed by atoms with van der Waals surface area (Å²) >= 11 is 5.75. The van der Waals surface area contributed by atoms with Crippen molar-refractivity contribution in [2.75, 3.05) is 5.88 Å². The van der Waals surface area contributed by atoms with Crippen molar-refractivity contribution in [3.63, 3.8) is 0 Å². The molecule has 1 heterocycles. The second-order valence-electron chi connectivity index (χ2n) is 3.74. The van der Waals surface area contributed by atoms with Gasteiger partial charge in [0.15, 0.2) is 0 Å². The van der Waals surface area contributed by atoms with Gasteiger partial charge in [0.2, 0.25) is 0 Å². The van der Waals surface area contributed by atoms with E-state index < -0.39 is 0 Å². The second-order valence-corrected chi connectivity index (χ2v) is 4.01. The molecule has 1 aromatic rings. The molecule has 14 heavy (non-hydrogen) atoms. The third-order valence-electron chi connectivity index (χ3n) is 2.43. The van der Waals surface area contributed by atoms with Crippen LogP contribution in [0.25, 0.3) is 0 Å². The fourth-order valence-electron chi connectivity index (χ4n) is 1.28. The van der Waals surface area contributed by atoms with Crippen LogP contribution in [0.3, 0.4) is 0 Å². The van der Waals surface area contributed by atoms with Gasteiger partial charge in [-0.25, -0.2) is 0 Å². The molecule has 1 fully saturated rings. The lowest BCUT2D eigenvalue weighted by molar-refractivity contribution is 0.0930. The van der Waals surface area contributed by atoms with Gasteiger partial charge in [0, 0.05) is 19.1 Å². The quantitative estimate of drug-likeness (QED) is 0.760. The first kappa shape index (κ1) is 9.52. The van der Waals surface area contributed by atoms with Gasteiger partial charge in [0.25, 0.3) is 5.91 Å². The molecule has 2 rings (SSSR count). The Kier molecular flexibility index (Phi) is 2.23. The van der Waals surface area contributed by atoms with Gasteiger partial charge in [0.05, 0.1) is 5.54 Å². The summed E-state index contributed by atoms with van der Waals surface area (Å²) in [4.78, 5) is 11.6. The number of rotatable bonds is 3. The fraction of sp³-hybridized carbons (Fsp3) is 0.556. The van der Waals surface area contributed by atoms with Crippen molar-refractivity contribution in [3.05, 3.63) is 18.0 Å². The number of amides is 1. The molecule has 0 saturated heterocycles. The molecular formula is C9H12ClN3O. The lowest BCUT2D eigenvalue weighted by atomic mass is 10.3. The number of alkyl halides is 1. The third-order valence-corrected chi connectivity index (χ3v) is 2.95. The molecule has 0 aliphatic heterocycles. The Hall–Kier alpha value is -1.03. The first-order valence-corrected chi connectivity index (χ1v) is 5.07. The van der Waals surface area contributed by atoms with Crippen LogP contribution in [0.1, 0.15) is 23.3 Å². The summed E-state index contributed by atoms with van der Waals surface area (Å²) in [7, 11) is 1.78. The van der Waals surface area contributed by atoms with Crippen molar-refractivity contribution in [2.24, 2.45) is 7.05 Å². The maximum Gasteiger partial charge on any atom is 0.272 e. The average molecular weight is 214 g/mol. The van der Waals surface area contributed by atoms with Crippen LogP contribution >= 0.6 is 11.6 Å². The van der Waals surface area contributed by atoms with Crippen molar-refractivity contribution in [1.82, 2.24) is 15.1 Å². The topological polar surface area (TPSA) is 46.9 Å². The number of halogens is 1. The molecule has 76 valence electrons. The van der Waals surface area contributed by atoms with Crippen molar-refractivity contribution in [3.8, 4) is 0 Å². The summed E-state index contributed by atoms with van der Waals surface area (Å²) < 4.78 is 1.61. The maximum atomic E-state index is 11.6. The number of hydrogen-bond donors (Lipinski definition) is 1. The number of nitrogens with zero attached hydrogens (tertiary/aromatic N) is 2. The lowest BCUT2D eigenvalue weighted by Gasteiger charge is -2.12. The van der Waals surface area contributed by atoms with Crippen LogP contribution < -0.4 is 5.32 Å². The molecule has 0 spiro atoms. The summed E-state index contributed by atoms with van der Waals surface area (Å²) in [6.45, 7) is 0. The van der Waals surface area contributed by atoms with Crippen LogP contribution in [0, 0.1) is 0 Å². The number of carbonyl (C=O) groups excluding carboxylic acids is 1. The number of aromatic nitrogens is 2. The van der Waals surface area contributed by atoms with Gasteiger partial charge in [-0.2, -0.15) is 5.10 Å². The minimum atomic E-state index is -0.157. The van der Waals surface area contributed by atoms with E-state index in [4.69, 9.17) is 11.6 Å². The van der Waals surface area contributed by atoms with Crippen LogP contribution in [0.5, 0.6) is 0 Å². The first-order chi connectivity index (χ1) is 6.65. The van der Waals surface area contributed by atoms with Gasteiger partial charge in [-0.3, -0.25) is 9.48 Å². The highest BCUT2D eigenvalue weighted by Crippen LogP contribution is 2.36. The minimum Gasteiger partial charge on any atom is -0.344 e. The van der Waals surface area contributed by atoms with Gasteiger partial charge in [0.1, 0.15) is 5.69 Å². The number of hydrogen-bond acceptors (Lipinski definition) is 2. The Bertz CT molecular complexity index is 357. The van der Waals surface area contributed by atoms with E-state index in [0.717, 1.165) is 12.8 Å². The predicted molar refractivity (Wildman–Crippen MR) is 53.4 cm³/mol. The lowest BCUT2D eigenvalue weighted by Crippen LogP contribution is -2.38. The highest BCUT2D eigenvalue weighted by Gasteiger charge is 2.43. The fourth-order valence-corrected chi connectivity index (χ4v) is 1.62. The van der Waals surface area contributed by atoms with Crippen LogP contribution in [0.15, 0.2) is 12.3 Å². The van der Waals surface area contributed by atoms with Gasteiger partial charge in [-0.1, -0.05) is 0 Å². The second kappa shape index (κ2) is 3.28. The van der Waals surface area contributed by atoms with Gasteiger partial charge < -0.3 is 5.32 Å². The molecule has 4 nitrogen and oxygen atoms in total. The van der Waals surface area contributed by atoms with E-state index in [1.807, 2.05) is 0 Å². The highest BCUT2D eigenvalue weighted by molar-refractivity contribution is 6.19. The van der Waals surface area contributed by atoms with E-state index >= 15 is 0 Å². The zero-order chi connectivity index (χ0) is 10.2. The molecule has 0 unspecified atom stereocenters. The molecule has 1 saturated carbocycles. The van der Waals surface area contributed by atoms with Crippen molar-refractivity contribution >= 4 is 17.5 Å². The molecular weight excluding hydrogens is 202 g/mol. The summed E-state index contributed by atoms with van der Waals surface area (Å²) in [6.07, 6.45) is 3.68. The van der Waals surface area contributed by atoms with Crippen LogP contribution in [0.4, 0.5) is 0 Å². The van der Waals surface area contributed by atoms with Gasteiger partial charge in [-0.05, 0) is 18.9 Å². The number of carbonyl (C=O) groups is 1. The normalized spacial score (nSPS) is 17.9. The molecule has 1 aliphatic rings. The van der Waals surface area contributed by atoms with E-state index in [2.05, 4.69) is 10.4 Å². The summed E-state index contributed by atoms with van der Waals surface area (Å²) in [5.41, 5.74) is 0.291. The largest absolute Gasteiger partial charge is 0.344 e. The SMILES string of the molecule is Cn1ccc(C(=O)NC2(CCl)CC2)n1. The Morgan fingerprint density at radius 1 is 1.79 bits per heavy atom. The summed E-state index contributed by atoms with van der Waals surface area (Å²) in [5.74, 6) is 0.342.